The van der Waals surface area contributed by atoms with Gasteiger partial charge >= 0.3 is 0 Å². The molecular formula is C12H8Cl3FN2O2S. The molecule has 3 N–H and O–H groups in total. The average molecular weight is 370 g/mol. The first kappa shape index (κ1) is 16.2. The molecule has 0 aromatic heterocycles. The highest BCUT2D eigenvalue weighted by Crippen LogP contribution is 2.34. The van der Waals surface area contributed by atoms with E-state index in [9.17, 15) is 12.8 Å². The van der Waals surface area contributed by atoms with Crippen molar-refractivity contribution in [1.29, 1.82) is 0 Å². The molecule has 112 valence electrons. The molecule has 0 radical (unpaired) electrons. The van der Waals surface area contributed by atoms with E-state index in [4.69, 9.17) is 40.5 Å². The van der Waals surface area contributed by atoms with Crippen LogP contribution in [0.15, 0.2) is 35.2 Å². The Kier molecular flexibility index (Phi) is 4.53. The molecule has 0 fully saturated rings. The number of hydrogen-bond donors (Lipinski definition) is 2. The maximum absolute atomic E-state index is 13.7. The Morgan fingerprint density at radius 3 is 2.29 bits per heavy atom. The number of halogens is 4. The lowest BCUT2D eigenvalue weighted by atomic mass is 10.3. The van der Waals surface area contributed by atoms with E-state index in [1.54, 1.807) is 0 Å². The quantitative estimate of drug-likeness (QED) is 0.630. The van der Waals surface area contributed by atoms with E-state index in [-0.39, 0.29) is 26.4 Å². The Hall–Kier alpha value is -1.21. The van der Waals surface area contributed by atoms with Gasteiger partial charge in [-0.25, -0.2) is 12.8 Å². The molecule has 21 heavy (non-hydrogen) atoms. The minimum Gasteiger partial charge on any atom is -0.398 e. The third-order valence-electron chi connectivity index (χ3n) is 2.52. The maximum atomic E-state index is 13.7. The number of sulfonamides is 1. The van der Waals surface area contributed by atoms with Crippen LogP contribution in [0.4, 0.5) is 15.8 Å². The van der Waals surface area contributed by atoms with Crippen molar-refractivity contribution < 1.29 is 12.8 Å². The van der Waals surface area contributed by atoms with Crippen LogP contribution < -0.4 is 10.5 Å². The summed E-state index contributed by atoms with van der Waals surface area (Å²) in [7, 11) is -4.26. The summed E-state index contributed by atoms with van der Waals surface area (Å²) >= 11 is 17.4. The first-order valence-electron chi connectivity index (χ1n) is 5.43. The molecule has 0 saturated heterocycles. The van der Waals surface area contributed by atoms with Crippen LogP contribution in [0.25, 0.3) is 0 Å². The zero-order valence-electron chi connectivity index (χ0n) is 10.2. The molecule has 0 amide bonds. The lowest BCUT2D eigenvalue weighted by Crippen LogP contribution is -2.16. The SMILES string of the molecule is Nc1cccc(F)c1S(=O)(=O)Nc1cc(Cl)c(Cl)cc1Cl. The Morgan fingerprint density at radius 1 is 1.05 bits per heavy atom. The van der Waals surface area contributed by atoms with Gasteiger partial charge in [0.1, 0.15) is 10.7 Å². The number of benzene rings is 2. The number of nitrogens with two attached hydrogens (primary N) is 1. The highest BCUT2D eigenvalue weighted by atomic mass is 35.5. The van der Waals surface area contributed by atoms with Crippen LogP contribution in [-0.4, -0.2) is 8.42 Å². The summed E-state index contributed by atoms with van der Waals surface area (Å²) in [6.45, 7) is 0. The van der Waals surface area contributed by atoms with Gasteiger partial charge in [-0.1, -0.05) is 40.9 Å². The van der Waals surface area contributed by atoms with Crippen molar-refractivity contribution in [2.75, 3.05) is 10.5 Å². The van der Waals surface area contributed by atoms with Gasteiger partial charge in [0.05, 0.1) is 26.4 Å². The van der Waals surface area contributed by atoms with E-state index < -0.39 is 20.7 Å². The number of hydrogen-bond acceptors (Lipinski definition) is 3. The van der Waals surface area contributed by atoms with Gasteiger partial charge in [-0.05, 0) is 24.3 Å². The van der Waals surface area contributed by atoms with E-state index in [0.29, 0.717) is 0 Å². The second-order valence-corrected chi connectivity index (χ2v) is 6.85. The predicted molar refractivity (Wildman–Crippen MR) is 83.1 cm³/mol. The van der Waals surface area contributed by atoms with Crippen LogP contribution >= 0.6 is 34.8 Å². The van der Waals surface area contributed by atoms with Gasteiger partial charge in [0.15, 0.2) is 0 Å². The third kappa shape index (κ3) is 3.35. The molecule has 0 atom stereocenters. The van der Waals surface area contributed by atoms with Crippen LogP contribution in [0.1, 0.15) is 0 Å². The highest BCUT2D eigenvalue weighted by Gasteiger charge is 2.23. The van der Waals surface area contributed by atoms with Gasteiger partial charge in [-0.15, -0.1) is 0 Å². The molecule has 0 saturated carbocycles. The Balaban J connectivity index is 2.50. The van der Waals surface area contributed by atoms with Crippen LogP contribution in [0.2, 0.25) is 15.1 Å². The van der Waals surface area contributed by atoms with Gasteiger partial charge in [0.2, 0.25) is 0 Å². The van der Waals surface area contributed by atoms with E-state index in [2.05, 4.69) is 4.72 Å². The summed E-state index contributed by atoms with van der Waals surface area (Å²) in [5.74, 6) is -0.973. The van der Waals surface area contributed by atoms with Crippen molar-refractivity contribution in [1.82, 2.24) is 0 Å². The molecule has 0 heterocycles. The Morgan fingerprint density at radius 2 is 1.67 bits per heavy atom. The maximum Gasteiger partial charge on any atom is 0.266 e. The molecule has 2 rings (SSSR count). The van der Waals surface area contributed by atoms with E-state index in [1.165, 1.54) is 24.3 Å². The van der Waals surface area contributed by atoms with Crippen molar-refractivity contribution in [3.05, 3.63) is 51.2 Å². The van der Waals surface area contributed by atoms with Crippen molar-refractivity contribution in [2.45, 2.75) is 4.90 Å². The molecule has 0 unspecified atom stereocenters. The summed E-state index contributed by atoms with van der Waals surface area (Å²) in [6.07, 6.45) is 0. The second-order valence-electron chi connectivity index (χ2n) is 4.01. The zero-order valence-corrected chi connectivity index (χ0v) is 13.3. The summed E-state index contributed by atoms with van der Waals surface area (Å²) < 4.78 is 40.3. The second kappa shape index (κ2) is 5.88. The topological polar surface area (TPSA) is 72.2 Å². The normalized spacial score (nSPS) is 11.4. The fourth-order valence-electron chi connectivity index (χ4n) is 1.61. The van der Waals surface area contributed by atoms with Gasteiger partial charge in [-0.2, -0.15) is 0 Å². The number of rotatable bonds is 3. The van der Waals surface area contributed by atoms with E-state index in [0.717, 1.165) is 6.07 Å². The van der Waals surface area contributed by atoms with Crippen molar-refractivity contribution in [3.63, 3.8) is 0 Å². The fraction of sp³-hybridized carbons (Fsp3) is 0. The van der Waals surface area contributed by atoms with E-state index >= 15 is 0 Å². The molecule has 0 bridgehead atoms. The van der Waals surface area contributed by atoms with Gasteiger partial charge in [-0.3, -0.25) is 4.72 Å². The highest BCUT2D eigenvalue weighted by molar-refractivity contribution is 7.93. The first-order chi connectivity index (χ1) is 9.72. The first-order valence-corrected chi connectivity index (χ1v) is 8.05. The monoisotopic (exact) mass is 368 g/mol. The smallest absolute Gasteiger partial charge is 0.266 e. The summed E-state index contributed by atoms with van der Waals surface area (Å²) in [6, 6.07) is 6.06. The molecule has 0 aliphatic carbocycles. The van der Waals surface area contributed by atoms with Crippen LogP contribution in [0.5, 0.6) is 0 Å². The molecule has 4 nitrogen and oxygen atoms in total. The van der Waals surface area contributed by atoms with Gasteiger partial charge < -0.3 is 5.73 Å². The largest absolute Gasteiger partial charge is 0.398 e. The number of anilines is 2. The molecule has 0 spiro atoms. The summed E-state index contributed by atoms with van der Waals surface area (Å²) in [5.41, 5.74) is 5.26. The molecule has 0 aliphatic rings. The van der Waals surface area contributed by atoms with Crippen LogP contribution in [-0.2, 0) is 10.0 Å². The standard InChI is InChI=1S/C12H8Cl3FN2O2S/c13-6-4-8(15)11(5-7(6)14)18-21(19,20)12-9(16)2-1-3-10(12)17/h1-5,18H,17H2. The third-order valence-corrected chi connectivity index (χ3v) is 5.01. The summed E-state index contributed by atoms with van der Waals surface area (Å²) in [5, 5.41) is 0.276. The van der Waals surface area contributed by atoms with Crippen molar-refractivity contribution >= 4 is 56.2 Å². The summed E-state index contributed by atoms with van der Waals surface area (Å²) in [4.78, 5) is -0.660. The Bertz CT molecular complexity index is 792. The predicted octanol–water partition coefficient (Wildman–Crippen LogP) is 4.17. The number of nitrogens with one attached hydrogen (secondary N) is 1. The van der Waals surface area contributed by atoms with Crippen molar-refractivity contribution in [3.8, 4) is 0 Å². The molecule has 0 aliphatic heterocycles. The van der Waals surface area contributed by atoms with Gasteiger partial charge in [0.25, 0.3) is 10.0 Å². The molecule has 9 heteroatoms. The Labute approximate surface area is 135 Å². The fourth-order valence-corrected chi connectivity index (χ4v) is 3.52. The van der Waals surface area contributed by atoms with E-state index in [1.807, 2.05) is 0 Å². The lowest BCUT2D eigenvalue weighted by molar-refractivity contribution is 0.572. The van der Waals surface area contributed by atoms with Crippen molar-refractivity contribution in [2.24, 2.45) is 0 Å². The molecule has 2 aromatic rings. The molecule has 2 aromatic carbocycles. The van der Waals surface area contributed by atoms with Gasteiger partial charge in [0, 0.05) is 0 Å². The zero-order chi connectivity index (χ0) is 15.8. The lowest BCUT2D eigenvalue weighted by Gasteiger charge is -2.12. The average Bonchev–Trinajstić information content (AvgIpc) is 2.35. The minimum absolute atomic E-state index is 0.0166. The number of nitrogen functional groups attached to an aromatic ring is 1. The van der Waals surface area contributed by atoms with Crippen LogP contribution in [0, 0.1) is 5.82 Å². The molecular weight excluding hydrogens is 362 g/mol. The minimum atomic E-state index is -4.26. The van der Waals surface area contributed by atoms with Crippen LogP contribution in [0.3, 0.4) is 0 Å².